The SMILES string of the molecule is N#CCC1c2c(cc(N3CCCC4(CC4)C3=O)c(O)c2F)CN1C(=O)c1c(Sc2c(Cl)cccc2Cl)cc(C(F)(F)Cl)[nH]c1=O. The largest absolute Gasteiger partial charge is 0.503 e. The molecule has 1 saturated heterocycles. The maximum atomic E-state index is 16.0. The Hall–Kier alpha value is -3.37. The van der Waals surface area contributed by atoms with E-state index < -0.39 is 57.5 Å². The van der Waals surface area contributed by atoms with Gasteiger partial charge >= 0.3 is 5.38 Å². The second kappa shape index (κ2) is 11.5. The van der Waals surface area contributed by atoms with Crippen molar-refractivity contribution in [2.24, 2.45) is 5.41 Å². The van der Waals surface area contributed by atoms with E-state index in [1.54, 1.807) is 6.07 Å². The number of nitrogens with one attached hydrogen (secondary N) is 1. The molecule has 3 aromatic rings. The van der Waals surface area contributed by atoms with Crippen molar-refractivity contribution in [2.75, 3.05) is 11.4 Å². The van der Waals surface area contributed by atoms with E-state index in [4.69, 9.17) is 34.8 Å². The number of aromatic nitrogens is 1. The van der Waals surface area contributed by atoms with Crippen LogP contribution in [0.4, 0.5) is 18.9 Å². The minimum absolute atomic E-state index is 0.0385. The molecule has 2 amide bonds. The van der Waals surface area contributed by atoms with E-state index in [9.17, 15) is 33.5 Å². The Kier molecular flexibility index (Phi) is 8.05. The number of phenols is 1. The number of aromatic amines is 1. The zero-order valence-electron chi connectivity index (χ0n) is 23.1. The molecule has 6 rings (SSSR count). The summed E-state index contributed by atoms with van der Waals surface area (Å²) in [6.07, 6.45) is 2.39. The number of carbonyl (C=O) groups is 2. The second-order valence-corrected chi connectivity index (χ2v) is 13.5. The van der Waals surface area contributed by atoms with E-state index >= 15 is 4.39 Å². The molecule has 3 heterocycles. The van der Waals surface area contributed by atoms with Crippen LogP contribution in [0.1, 0.15) is 65.3 Å². The third kappa shape index (κ3) is 5.43. The number of rotatable bonds is 6. The van der Waals surface area contributed by atoms with Crippen molar-refractivity contribution in [2.45, 2.75) is 59.9 Å². The molecule has 2 N–H and O–H groups in total. The van der Waals surface area contributed by atoms with Gasteiger partial charge in [0.25, 0.3) is 11.5 Å². The number of pyridine rings is 1. The smallest absolute Gasteiger partial charge is 0.362 e. The number of anilines is 1. The van der Waals surface area contributed by atoms with Gasteiger partial charge in [-0.2, -0.15) is 14.0 Å². The number of nitrogens with zero attached hydrogens (tertiary/aromatic N) is 3. The summed E-state index contributed by atoms with van der Waals surface area (Å²) in [6, 6.07) is 7.40. The number of fused-ring (bicyclic) bond motifs is 1. The van der Waals surface area contributed by atoms with Crippen LogP contribution in [0.3, 0.4) is 0 Å². The van der Waals surface area contributed by atoms with Gasteiger partial charge in [-0.05, 0) is 67.1 Å². The average molecular weight is 698 g/mol. The lowest BCUT2D eigenvalue weighted by Crippen LogP contribution is -2.42. The Morgan fingerprint density at radius 1 is 1.20 bits per heavy atom. The van der Waals surface area contributed by atoms with E-state index in [-0.39, 0.29) is 55.6 Å². The standard InChI is InChI=1S/C30H22Cl3F3N4O4S/c31-15-3-1-4-16(32)25(15)45-19-12-20(30(33,35)36)38-26(42)22(19)27(43)40-13-14-11-18(24(41)23(34)21(14)17(40)5-9-37)39-10-2-6-29(7-8-29)28(39)44/h1,3-4,11-12,17,41H,2,5-8,10,13H2,(H,38,42). The maximum absolute atomic E-state index is 16.0. The monoisotopic (exact) mass is 696 g/mol. The van der Waals surface area contributed by atoms with Gasteiger partial charge in [-0.3, -0.25) is 14.4 Å². The Labute approximate surface area is 273 Å². The predicted octanol–water partition coefficient (Wildman–Crippen LogP) is 7.48. The van der Waals surface area contributed by atoms with E-state index in [1.807, 2.05) is 11.1 Å². The van der Waals surface area contributed by atoms with Gasteiger partial charge in [0, 0.05) is 33.9 Å². The highest BCUT2D eigenvalue weighted by Gasteiger charge is 2.54. The van der Waals surface area contributed by atoms with Crippen LogP contribution in [0.5, 0.6) is 5.75 Å². The van der Waals surface area contributed by atoms with Crippen LogP contribution in [0.15, 0.2) is 44.9 Å². The number of benzene rings is 2. The van der Waals surface area contributed by atoms with Crippen molar-refractivity contribution < 1.29 is 27.9 Å². The molecule has 45 heavy (non-hydrogen) atoms. The molecule has 1 aromatic heterocycles. The number of alkyl halides is 3. The van der Waals surface area contributed by atoms with Gasteiger partial charge in [0.15, 0.2) is 11.6 Å². The van der Waals surface area contributed by atoms with Gasteiger partial charge in [0.05, 0.1) is 34.3 Å². The van der Waals surface area contributed by atoms with Gasteiger partial charge in [-0.1, -0.05) is 41.0 Å². The first kappa shape index (κ1) is 31.6. The summed E-state index contributed by atoms with van der Waals surface area (Å²) in [4.78, 5) is 44.9. The highest BCUT2D eigenvalue weighted by molar-refractivity contribution is 7.99. The number of nitriles is 1. The molecule has 1 spiro atoms. The van der Waals surface area contributed by atoms with Gasteiger partial charge in [-0.25, -0.2) is 4.39 Å². The lowest BCUT2D eigenvalue weighted by molar-refractivity contribution is -0.125. The summed E-state index contributed by atoms with van der Waals surface area (Å²) in [5, 5.41) is 16.8. The molecular formula is C30H22Cl3F3N4O4S. The highest BCUT2D eigenvalue weighted by Crippen LogP contribution is 2.55. The van der Waals surface area contributed by atoms with E-state index in [0.717, 1.165) is 11.0 Å². The zero-order chi connectivity index (χ0) is 32.4. The van der Waals surface area contributed by atoms with Crippen LogP contribution in [0, 0.1) is 22.6 Å². The Balaban J connectivity index is 1.44. The van der Waals surface area contributed by atoms with Crippen LogP contribution >= 0.6 is 46.6 Å². The number of H-pyrrole nitrogens is 1. The molecule has 1 aliphatic carbocycles. The van der Waals surface area contributed by atoms with Crippen molar-refractivity contribution in [3.8, 4) is 11.8 Å². The topological polar surface area (TPSA) is 117 Å². The summed E-state index contributed by atoms with van der Waals surface area (Å²) in [7, 11) is 0. The lowest BCUT2D eigenvalue weighted by atomic mass is 9.92. The fraction of sp³-hybridized carbons (Fsp3) is 0.333. The van der Waals surface area contributed by atoms with E-state index in [2.05, 4.69) is 0 Å². The van der Waals surface area contributed by atoms with Gasteiger partial charge in [-0.15, -0.1) is 0 Å². The summed E-state index contributed by atoms with van der Waals surface area (Å²) >= 11 is 18.5. The van der Waals surface area contributed by atoms with Gasteiger partial charge in [0.2, 0.25) is 5.91 Å². The maximum Gasteiger partial charge on any atom is 0.362 e. The summed E-state index contributed by atoms with van der Waals surface area (Å²) in [5.74, 6) is -3.09. The molecule has 3 aliphatic rings. The minimum Gasteiger partial charge on any atom is -0.503 e. The van der Waals surface area contributed by atoms with Crippen molar-refractivity contribution in [3.63, 3.8) is 0 Å². The third-order valence-corrected chi connectivity index (χ3v) is 10.7. The number of aromatic hydroxyl groups is 1. The van der Waals surface area contributed by atoms with E-state index in [0.29, 0.717) is 37.4 Å². The number of carbonyl (C=O) groups excluding carboxylic acids is 2. The number of hydrogen-bond donors (Lipinski definition) is 2. The summed E-state index contributed by atoms with van der Waals surface area (Å²) < 4.78 is 44.2. The number of amides is 2. The Morgan fingerprint density at radius 3 is 2.51 bits per heavy atom. The molecule has 2 fully saturated rings. The van der Waals surface area contributed by atoms with Crippen LogP contribution < -0.4 is 10.5 Å². The number of halogens is 6. The summed E-state index contributed by atoms with van der Waals surface area (Å²) in [6.45, 7) is -0.0313. The van der Waals surface area contributed by atoms with Crippen LogP contribution in [0.2, 0.25) is 10.0 Å². The third-order valence-electron chi connectivity index (χ3n) is 8.47. The fourth-order valence-corrected chi connectivity index (χ4v) is 7.81. The number of phenolic OH excluding ortho intramolecular Hbond substituents is 1. The second-order valence-electron chi connectivity index (χ2n) is 11.2. The minimum atomic E-state index is -4.00. The first-order valence-electron chi connectivity index (χ1n) is 13.8. The quantitative estimate of drug-likeness (QED) is 0.258. The Morgan fingerprint density at radius 2 is 1.89 bits per heavy atom. The van der Waals surface area contributed by atoms with Crippen molar-refractivity contribution in [1.82, 2.24) is 9.88 Å². The molecule has 2 aliphatic heterocycles. The molecular weight excluding hydrogens is 676 g/mol. The first-order chi connectivity index (χ1) is 21.3. The van der Waals surface area contributed by atoms with E-state index in [1.165, 1.54) is 23.1 Å². The molecule has 1 saturated carbocycles. The zero-order valence-corrected chi connectivity index (χ0v) is 26.2. The predicted molar refractivity (Wildman–Crippen MR) is 162 cm³/mol. The first-order valence-corrected chi connectivity index (χ1v) is 15.7. The molecule has 8 nitrogen and oxygen atoms in total. The lowest BCUT2D eigenvalue weighted by Gasteiger charge is -2.33. The number of piperidine rings is 1. The Bertz CT molecular complexity index is 1850. The van der Waals surface area contributed by atoms with Crippen molar-refractivity contribution in [3.05, 3.63) is 78.9 Å². The normalized spacial score (nSPS) is 18.7. The fourth-order valence-electron chi connectivity index (χ4n) is 6.07. The molecule has 1 atom stereocenters. The molecule has 0 radical (unpaired) electrons. The molecule has 2 aromatic carbocycles. The van der Waals surface area contributed by atoms with Gasteiger partial charge in [0.1, 0.15) is 11.3 Å². The van der Waals surface area contributed by atoms with Gasteiger partial charge < -0.3 is 19.9 Å². The van der Waals surface area contributed by atoms with Crippen LogP contribution in [0.25, 0.3) is 0 Å². The molecule has 1 unspecified atom stereocenters. The molecule has 0 bridgehead atoms. The number of hydrogen-bond acceptors (Lipinski definition) is 6. The van der Waals surface area contributed by atoms with Crippen LogP contribution in [-0.2, 0) is 16.7 Å². The molecule has 15 heteroatoms. The highest BCUT2D eigenvalue weighted by atomic mass is 35.5. The molecule has 234 valence electrons. The summed E-state index contributed by atoms with van der Waals surface area (Å²) in [5.41, 5.74) is -3.26. The van der Waals surface area contributed by atoms with Crippen molar-refractivity contribution in [1.29, 1.82) is 5.26 Å². The van der Waals surface area contributed by atoms with Crippen LogP contribution in [-0.4, -0.2) is 33.3 Å². The average Bonchev–Trinajstić information content (AvgIpc) is 3.66. The van der Waals surface area contributed by atoms with Crippen molar-refractivity contribution >= 4 is 64.1 Å².